The summed E-state index contributed by atoms with van der Waals surface area (Å²) in [7, 11) is 3.57. The lowest BCUT2D eigenvalue weighted by atomic mass is 9.93. The normalized spacial score (nSPS) is 15.3. The molecule has 4 nitrogen and oxygen atoms in total. The molecule has 0 fully saturated rings. The van der Waals surface area contributed by atoms with E-state index in [0.29, 0.717) is 6.04 Å². The second-order valence-corrected chi connectivity index (χ2v) is 9.41. The van der Waals surface area contributed by atoms with Crippen LogP contribution in [0.15, 0.2) is 46.6 Å². The molecular formula is C28H38BrN3O. The molecule has 0 radical (unpaired) electrons. The van der Waals surface area contributed by atoms with Crippen molar-refractivity contribution >= 4 is 33.5 Å². The Labute approximate surface area is 208 Å². The quantitative estimate of drug-likeness (QED) is 0.444. The fraction of sp³-hybridized carbons (Fsp3) is 0.429. The standard InChI is InChI=1S/C26H32BrN3O.C2H6/c1-17(16-24-19(3)28-12-9-25(24)27)20(4)30-13-10-21(11-14-30)23-8-7-22(15-18(23)2)26(31)29(5)6;1-2/h7-10,12,15-16,20H,11,13-14H2,1-6H3;1-2H3/b17-16+;. The smallest absolute Gasteiger partial charge is 0.253 e. The van der Waals surface area contributed by atoms with Crippen LogP contribution in [0, 0.1) is 13.8 Å². The fourth-order valence-corrected chi connectivity index (χ4v) is 4.57. The molecule has 0 aliphatic carbocycles. The predicted molar refractivity (Wildman–Crippen MR) is 144 cm³/mol. The number of pyridine rings is 1. The van der Waals surface area contributed by atoms with Crippen molar-refractivity contribution in [1.29, 1.82) is 0 Å². The summed E-state index contributed by atoms with van der Waals surface area (Å²) in [5.41, 5.74) is 8.05. The molecule has 1 amide bonds. The zero-order valence-corrected chi connectivity index (χ0v) is 23.0. The largest absolute Gasteiger partial charge is 0.345 e. The Morgan fingerprint density at radius 3 is 2.45 bits per heavy atom. The zero-order valence-electron chi connectivity index (χ0n) is 21.4. The third-order valence-corrected chi connectivity index (χ3v) is 6.87. The van der Waals surface area contributed by atoms with Crippen LogP contribution in [-0.4, -0.2) is 53.9 Å². The van der Waals surface area contributed by atoms with Crippen molar-refractivity contribution in [3.8, 4) is 0 Å². The molecule has 178 valence electrons. The number of carbonyl (C=O) groups is 1. The number of amides is 1. The molecule has 0 saturated heterocycles. The third kappa shape index (κ3) is 6.64. The van der Waals surface area contributed by atoms with E-state index in [1.165, 1.54) is 16.7 Å². The first-order valence-corrected chi connectivity index (χ1v) is 12.5. The maximum Gasteiger partial charge on any atom is 0.253 e. The summed E-state index contributed by atoms with van der Waals surface area (Å²) in [5, 5.41) is 0. The number of aromatic nitrogens is 1. The van der Waals surface area contributed by atoms with Gasteiger partial charge in [-0.15, -0.1) is 0 Å². The van der Waals surface area contributed by atoms with E-state index in [2.05, 4.69) is 64.8 Å². The van der Waals surface area contributed by atoms with Crippen molar-refractivity contribution < 1.29 is 4.79 Å². The molecule has 1 aromatic heterocycles. The molecule has 2 aromatic rings. The minimum Gasteiger partial charge on any atom is -0.345 e. The number of hydrogen-bond donors (Lipinski definition) is 0. The van der Waals surface area contributed by atoms with Crippen LogP contribution in [0.4, 0.5) is 0 Å². The number of hydrogen-bond acceptors (Lipinski definition) is 3. The highest BCUT2D eigenvalue weighted by molar-refractivity contribution is 9.10. The van der Waals surface area contributed by atoms with E-state index in [-0.39, 0.29) is 5.91 Å². The molecule has 3 rings (SSSR count). The minimum atomic E-state index is 0.0463. The molecule has 1 aliphatic heterocycles. The van der Waals surface area contributed by atoms with Crippen LogP contribution in [0.2, 0.25) is 0 Å². The molecule has 1 aromatic carbocycles. The van der Waals surface area contributed by atoms with Gasteiger partial charge in [-0.2, -0.15) is 0 Å². The fourth-order valence-electron chi connectivity index (χ4n) is 4.05. The van der Waals surface area contributed by atoms with Crippen LogP contribution in [0.3, 0.4) is 0 Å². The van der Waals surface area contributed by atoms with Crippen molar-refractivity contribution in [2.24, 2.45) is 0 Å². The first kappa shape index (κ1) is 27.0. The number of benzene rings is 1. The van der Waals surface area contributed by atoms with Gasteiger partial charge in [0.2, 0.25) is 0 Å². The second kappa shape index (κ2) is 12.3. The molecule has 0 bridgehead atoms. The van der Waals surface area contributed by atoms with Gasteiger partial charge in [0, 0.05) is 60.7 Å². The Morgan fingerprint density at radius 2 is 1.91 bits per heavy atom. The predicted octanol–water partition coefficient (Wildman–Crippen LogP) is 6.77. The van der Waals surface area contributed by atoms with E-state index in [1.54, 1.807) is 19.0 Å². The molecule has 5 heteroatoms. The lowest BCUT2D eigenvalue weighted by molar-refractivity contribution is 0.0827. The van der Waals surface area contributed by atoms with Gasteiger partial charge in [-0.3, -0.25) is 14.7 Å². The average Bonchev–Trinajstić information content (AvgIpc) is 2.81. The molecule has 1 unspecified atom stereocenters. The second-order valence-electron chi connectivity index (χ2n) is 8.56. The van der Waals surface area contributed by atoms with Gasteiger partial charge in [0.1, 0.15) is 0 Å². The lowest BCUT2D eigenvalue weighted by Gasteiger charge is -2.33. The van der Waals surface area contributed by atoms with E-state index < -0.39 is 0 Å². The van der Waals surface area contributed by atoms with E-state index in [4.69, 9.17) is 0 Å². The van der Waals surface area contributed by atoms with Crippen LogP contribution >= 0.6 is 15.9 Å². The first-order chi connectivity index (χ1) is 15.7. The Morgan fingerprint density at radius 1 is 1.21 bits per heavy atom. The molecular weight excluding hydrogens is 474 g/mol. The summed E-state index contributed by atoms with van der Waals surface area (Å²) < 4.78 is 1.08. The van der Waals surface area contributed by atoms with Gasteiger partial charge in [-0.05, 0) is 69.0 Å². The van der Waals surface area contributed by atoms with Crippen molar-refractivity contribution in [2.45, 2.75) is 54.0 Å². The highest BCUT2D eigenvalue weighted by Gasteiger charge is 2.20. The van der Waals surface area contributed by atoms with Crippen LogP contribution < -0.4 is 0 Å². The monoisotopic (exact) mass is 511 g/mol. The van der Waals surface area contributed by atoms with Crippen LogP contribution in [0.5, 0.6) is 0 Å². The first-order valence-electron chi connectivity index (χ1n) is 11.7. The molecule has 0 N–H and O–H groups in total. The van der Waals surface area contributed by atoms with Gasteiger partial charge in [-0.25, -0.2) is 0 Å². The van der Waals surface area contributed by atoms with Crippen molar-refractivity contribution in [1.82, 2.24) is 14.8 Å². The summed E-state index contributed by atoms with van der Waals surface area (Å²) in [6.45, 7) is 14.6. The molecule has 2 heterocycles. The average molecular weight is 513 g/mol. The van der Waals surface area contributed by atoms with Crippen molar-refractivity contribution in [2.75, 3.05) is 27.2 Å². The number of carbonyl (C=O) groups excluding carboxylic acids is 1. The molecule has 0 spiro atoms. The third-order valence-electron chi connectivity index (χ3n) is 6.18. The van der Waals surface area contributed by atoms with E-state index in [0.717, 1.165) is 46.4 Å². The number of aryl methyl sites for hydroxylation is 2. The Hall–Kier alpha value is -2.24. The SMILES string of the molecule is C/C(=C\c1c(Br)ccnc1C)C(C)N1CC=C(c2ccc(C(=O)N(C)C)cc2C)CC1.CC. The van der Waals surface area contributed by atoms with Gasteiger partial charge < -0.3 is 4.90 Å². The highest BCUT2D eigenvalue weighted by atomic mass is 79.9. The highest BCUT2D eigenvalue weighted by Crippen LogP contribution is 2.29. The molecule has 1 aliphatic rings. The molecule has 33 heavy (non-hydrogen) atoms. The molecule has 0 saturated carbocycles. The zero-order chi connectivity index (χ0) is 24.7. The summed E-state index contributed by atoms with van der Waals surface area (Å²) >= 11 is 3.65. The number of rotatable bonds is 5. The summed E-state index contributed by atoms with van der Waals surface area (Å²) in [6, 6.07) is 8.40. The van der Waals surface area contributed by atoms with Crippen molar-refractivity contribution in [3.63, 3.8) is 0 Å². The summed E-state index contributed by atoms with van der Waals surface area (Å²) in [5.74, 6) is 0.0463. The van der Waals surface area contributed by atoms with Crippen molar-refractivity contribution in [3.05, 3.63) is 74.5 Å². The maximum absolute atomic E-state index is 12.2. The number of nitrogens with zero attached hydrogens (tertiary/aromatic N) is 3. The Kier molecular flexibility index (Phi) is 10.1. The van der Waals surface area contributed by atoms with Gasteiger partial charge in [-0.1, -0.05) is 53.6 Å². The topological polar surface area (TPSA) is 36.4 Å². The lowest BCUT2D eigenvalue weighted by Crippen LogP contribution is -2.37. The van der Waals surface area contributed by atoms with Gasteiger partial charge in [0.05, 0.1) is 0 Å². The van der Waals surface area contributed by atoms with Crippen LogP contribution in [0.1, 0.15) is 66.9 Å². The van der Waals surface area contributed by atoms with Crippen LogP contribution in [-0.2, 0) is 0 Å². The maximum atomic E-state index is 12.2. The molecule has 1 atom stereocenters. The van der Waals surface area contributed by atoms with E-state index in [1.807, 2.05) is 45.2 Å². The summed E-state index contributed by atoms with van der Waals surface area (Å²) in [6.07, 6.45) is 7.43. The van der Waals surface area contributed by atoms with E-state index >= 15 is 0 Å². The van der Waals surface area contributed by atoms with Gasteiger partial charge in [0.15, 0.2) is 0 Å². The minimum absolute atomic E-state index is 0.0463. The van der Waals surface area contributed by atoms with Gasteiger partial charge >= 0.3 is 0 Å². The summed E-state index contributed by atoms with van der Waals surface area (Å²) in [4.78, 5) is 20.8. The Balaban J connectivity index is 0.00000187. The van der Waals surface area contributed by atoms with E-state index in [9.17, 15) is 4.79 Å². The Bertz CT molecular complexity index is 1020. The van der Waals surface area contributed by atoms with Gasteiger partial charge in [0.25, 0.3) is 5.91 Å². The van der Waals surface area contributed by atoms with Crippen LogP contribution in [0.25, 0.3) is 11.6 Å². The number of halogens is 1.